The number of amides is 1. The van der Waals surface area contributed by atoms with Crippen LogP contribution in [0.5, 0.6) is 5.75 Å². The lowest BCUT2D eigenvalue weighted by Crippen LogP contribution is -2.19. The molecule has 0 aliphatic carbocycles. The van der Waals surface area contributed by atoms with Crippen molar-refractivity contribution < 1.29 is 19.4 Å². The summed E-state index contributed by atoms with van der Waals surface area (Å²) in [6, 6.07) is 16.1. The Balaban J connectivity index is 1.81. The van der Waals surface area contributed by atoms with Gasteiger partial charge in [-0.1, -0.05) is 30.3 Å². The molecular formula is C17H16N2O4. The zero-order valence-electron chi connectivity index (χ0n) is 12.3. The van der Waals surface area contributed by atoms with E-state index in [1.165, 1.54) is 6.21 Å². The van der Waals surface area contributed by atoms with Crippen LogP contribution in [0.3, 0.4) is 0 Å². The molecule has 0 radical (unpaired) electrons. The van der Waals surface area contributed by atoms with Gasteiger partial charge in [0.2, 0.25) is 5.91 Å². The number of ether oxygens (including phenoxy) is 1. The molecule has 23 heavy (non-hydrogen) atoms. The maximum absolute atomic E-state index is 11.7. The summed E-state index contributed by atoms with van der Waals surface area (Å²) < 4.78 is 5.02. The van der Waals surface area contributed by atoms with Gasteiger partial charge in [0.05, 0.1) is 12.6 Å². The van der Waals surface area contributed by atoms with E-state index >= 15 is 0 Å². The largest absolute Gasteiger partial charge is 0.482 e. The van der Waals surface area contributed by atoms with Crippen LogP contribution in [0.15, 0.2) is 59.7 Å². The Morgan fingerprint density at radius 3 is 2.43 bits per heavy atom. The van der Waals surface area contributed by atoms with Gasteiger partial charge in [-0.15, -0.1) is 0 Å². The second-order valence-electron chi connectivity index (χ2n) is 4.71. The number of carbonyl (C=O) groups is 2. The number of hydrazone groups is 1. The van der Waals surface area contributed by atoms with Crippen molar-refractivity contribution in [1.82, 2.24) is 5.43 Å². The fourth-order valence-electron chi connectivity index (χ4n) is 1.79. The highest BCUT2D eigenvalue weighted by Gasteiger charge is 2.01. The molecule has 0 unspecified atom stereocenters. The smallest absolute Gasteiger partial charge is 0.341 e. The quantitative estimate of drug-likeness (QED) is 0.603. The van der Waals surface area contributed by atoms with E-state index in [9.17, 15) is 9.59 Å². The number of benzene rings is 2. The van der Waals surface area contributed by atoms with Crippen molar-refractivity contribution in [1.29, 1.82) is 0 Å². The van der Waals surface area contributed by atoms with Crippen LogP contribution in [0.4, 0.5) is 0 Å². The van der Waals surface area contributed by atoms with Crippen molar-refractivity contribution in [3.63, 3.8) is 0 Å². The van der Waals surface area contributed by atoms with Crippen LogP contribution < -0.4 is 10.2 Å². The van der Waals surface area contributed by atoms with Crippen LogP contribution in [0.2, 0.25) is 0 Å². The molecule has 0 aliphatic rings. The highest BCUT2D eigenvalue weighted by molar-refractivity contribution is 5.83. The highest BCUT2D eigenvalue weighted by Crippen LogP contribution is 2.10. The summed E-state index contributed by atoms with van der Waals surface area (Å²) in [7, 11) is 0. The van der Waals surface area contributed by atoms with E-state index in [0.717, 1.165) is 11.1 Å². The molecule has 2 N–H and O–H groups in total. The van der Waals surface area contributed by atoms with Gasteiger partial charge in [-0.2, -0.15) is 5.10 Å². The fraction of sp³-hybridized carbons (Fsp3) is 0.118. The third-order valence-corrected chi connectivity index (χ3v) is 2.85. The summed E-state index contributed by atoms with van der Waals surface area (Å²) in [5.74, 6) is -0.775. The highest BCUT2D eigenvalue weighted by atomic mass is 16.5. The number of carboxylic acid groups (broad SMARTS) is 1. The van der Waals surface area contributed by atoms with E-state index in [1.54, 1.807) is 24.3 Å². The molecule has 6 nitrogen and oxygen atoms in total. The molecule has 2 aromatic carbocycles. The van der Waals surface area contributed by atoms with Gasteiger partial charge in [0.15, 0.2) is 6.61 Å². The van der Waals surface area contributed by atoms with Gasteiger partial charge < -0.3 is 9.84 Å². The minimum atomic E-state index is -1.03. The van der Waals surface area contributed by atoms with Crippen LogP contribution in [-0.4, -0.2) is 29.8 Å². The predicted molar refractivity (Wildman–Crippen MR) is 85.5 cm³/mol. The summed E-state index contributed by atoms with van der Waals surface area (Å²) in [5.41, 5.74) is 4.13. The number of carbonyl (C=O) groups excluding carboxylic acids is 1. The van der Waals surface area contributed by atoms with E-state index in [-0.39, 0.29) is 18.9 Å². The second kappa shape index (κ2) is 8.33. The van der Waals surface area contributed by atoms with Crippen molar-refractivity contribution in [2.45, 2.75) is 6.42 Å². The molecule has 6 heteroatoms. The summed E-state index contributed by atoms with van der Waals surface area (Å²) in [6.45, 7) is -0.386. The van der Waals surface area contributed by atoms with Crippen LogP contribution >= 0.6 is 0 Å². The third-order valence-electron chi connectivity index (χ3n) is 2.85. The van der Waals surface area contributed by atoms with E-state index < -0.39 is 5.97 Å². The normalized spacial score (nSPS) is 10.4. The zero-order chi connectivity index (χ0) is 16.5. The lowest BCUT2D eigenvalue weighted by Gasteiger charge is -2.03. The van der Waals surface area contributed by atoms with Gasteiger partial charge in [-0.05, 0) is 35.4 Å². The monoisotopic (exact) mass is 312 g/mol. The van der Waals surface area contributed by atoms with E-state index in [0.29, 0.717) is 5.75 Å². The Morgan fingerprint density at radius 1 is 1.09 bits per heavy atom. The third kappa shape index (κ3) is 6.01. The molecule has 0 fully saturated rings. The average molecular weight is 312 g/mol. The molecule has 0 atom stereocenters. The Bertz CT molecular complexity index is 681. The molecule has 0 aliphatic heterocycles. The number of hydrogen-bond donors (Lipinski definition) is 2. The SMILES string of the molecule is O=C(O)COc1ccc(/C=N\NC(=O)Cc2ccccc2)cc1. The first-order valence-corrected chi connectivity index (χ1v) is 6.94. The Hall–Kier alpha value is -3.15. The topological polar surface area (TPSA) is 88.0 Å². The molecule has 118 valence electrons. The summed E-state index contributed by atoms with van der Waals surface area (Å²) in [6.07, 6.45) is 1.77. The van der Waals surface area contributed by atoms with Gasteiger partial charge in [0.1, 0.15) is 5.75 Å². The molecule has 2 rings (SSSR count). The number of nitrogens with one attached hydrogen (secondary N) is 1. The maximum Gasteiger partial charge on any atom is 0.341 e. The first-order chi connectivity index (χ1) is 11.1. The minimum absolute atomic E-state index is 0.200. The van der Waals surface area contributed by atoms with Crippen LogP contribution in [0, 0.1) is 0 Å². The number of nitrogens with zero attached hydrogens (tertiary/aromatic N) is 1. The lowest BCUT2D eigenvalue weighted by molar-refractivity contribution is -0.139. The van der Waals surface area contributed by atoms with Gasteiger partial charge in [0.25, 0.3) is 0 Å². The number of aliphatic carboxylic acids is 1. The first-order valence-electron chi connectivity index (χ1n) is 6.94. The second-order valence-corrected chi connectivity index (χ2v) is 4.71. The molecule has 0 aromatic heterocycles. The van der Waals surface area contributed by atoms with E-state index in [1.807, 2.05) is 30.3 Å². The Morgan fingerprint density at radius 2 is 1.78 bits per heavy atom. The van der Waals surface area contributed by atoms with Gasteiger partial charge in [-0.25, -0.2) is 10.2 Å². The van der Waals surface area contributed by atoms with E-state index in [2.05, 4.69) is 10.5 Å². The molecule has 0 spiro atoms. The fourth-order valence-corrected chi connectivity index (χ4v) is 1.79. The van der Waals surface area contributed by atoms with Gasteiger partial charge in [-0.3, -0.25) is 4.79 Å². The lowest BCUT2D eigenvalue weighted by atomic mass is 10.1. The Labute approximate surface area is 133 Å². The molecular weight excluding hydrogens is 296 g/mol. The minimum Gasteiger partial charge on any atom is -0.482 e. The van der Waals surface area contributed by atoms with Crippen molar-refractivity contribution in [2.75, 3.05) is 6.61 Å². The van der Waals surface area contributed by atoms with Crippen LogP contribution in [0.25, 0.3) is 0 Å². The summed E-state index contributed by atoms with van der Waals surface area (Å²) >= 11 is 0. The summed E-state index contributed by atoms with van der Waals surface area (Å²) in [5, 5.41) is 12.4. The van der Waals surface area contributed by atoms with Crippen molar-refractivity contribution >= 4 is 18.1 Å². The predicted octanol–water partition coefficient (Wildman–Crippen LogP) is 1.84. The number of carboxylic acids is 1. The van der Waals surface area contributed by atoms with E-state index in [4.69, 9.17) is 9.84 Å². The van der Waals surface area contributed by atoms with Crippen LogP contribution in [-0.2, 0) is 16.0 Å². The molecule has 0 bridgehead atoms. The van der Waals surface area contributed by atoms with Crippen molar-refractivity contribution in [2.24, 2.45) is 5.10 Å². The van der Waals surface area contributed by atoms with Crippen molar-refractivity contribution in [3.8, 4) is 5.75 Å². The molecule has 1 amide bonds. The van der Waals surface area contributed by atoms with Gasteiger partial charge >= 0.3 is 5.97 Å². The summed E-state index contributed by atoms with van der Waals surface area (Å²) in [4.78, 5) is 22.1. The molecule has 2 aromatic rings. The average Bonchev–Trinajstić information content (AvgIpc) is 2.55. The molecule has 0 saturated heterocycles. The van der Waals surface area contributed by atoms with Gasteiger partial charge in [0, 0.05) is 0 Å². The first kappa shape index (κ1) is 16.2. The standard InChI is InChI=1S/C17H16N2O4/c20-16(10-13-4-2-1-3-5-13)19-18-11-14-6-8-15(9-7-14)23-12-17(21)22/h1-9,11H,10,12H2,(H,19,20)(H,21,22)/b18-11-. The molecule has 0 saturated carbocycles. The maximum atomic E-state index is 11.7. The zero-order valence-corrected chi connectivity index (χ0v) is 12.3. The van der Waals surface area contributed by atoms with Crippen molar-refractivity contribution in [3.05, 3.63) is 65.7 Å². The number of hydrogen-bond acceptors (Lipinski definition) is 4. The Kier molecular flexibility index (Phi) is 5.88. The molecule has 0 heterocycles. The van der Waals surface area contributed by atoms with Crippen LogP contribution in [0.1, 0.15) is 11.1 Å². The number of rotatable bonds is 7.